The van der Waals surface area contributed by atoms with Crippen molar-refractivity contribution in [3.63, 3.8) is 0 Å². The Labute approximate surface area is 125 Å². The minimum Gasteiger partial charge on any atom is -0.336 e. The third kappa shape index (κ3) is 2.84. The molecule has 0 unspecified atom stereocenters. The van der Waals surface area contributed by atoms with Crippen LogP contribution in [0.3, 0.4) is 0 Å². The Kier molecular flexibility index (Phi) is 3.99. The number of hydrogen-bond donors (Lipinski definition) is 1. The third-order valence-electron chi connectivity index (χ3n) is 4.54. The molecule has 1 aromatic carbocycles. The minimum atomic E-state index is 0.110. The predicted octanol–water partition coefficient (Wildman–Crippen LogP) is 3.09. The standard InChI is InChI=1S/C16H21ClN2O/c17-14-6-4-5-13(11-14)15(20)19-10-9-18-16(12-19)7-2-1-3-8-16/h4-6,11,18H,1-3,7-10,12H2. The van der Waals surface area contributed by atoms with Gasteiger partial charge in [0.15, 0.2) is 0 Å². The highest BCUT2D eigenvalue weighted by molar-refractivity contribution is 6.30. The molecule has 1 aliphatic carbocycles. The number of hydrogen-bond acceptors (Lipinski definition) is 2. The van der Waals surface area contributed by atoms with E-state index in [2.05, 4.69) is 5.32 Å². The van der Waals surface area contributed by atoms with Crippen LogP contribution in [0.2, 0.25) is 5.02 Å². The van der Waals surface area contributed by atoms with E-state index >= 15 is 0 Å². The second-order valence-electron chi connectivity index (χ2n) is 6.00. The fourth-order valence-corrected chi connectivity index (χ4v) is 3.69. The molecule has 0 atom stereocenters. The first kappa shape index (κ1) is 13.9. The van der Waals surface area contributed by atoms with Crippen LogP contribution in [0.5, 0.6) is 0 Å². The van der Waals surface area contributed by atoms with Gasteiger partial charge >= 0.3 is 0 Å². The van der Waals surface area contributed by atoms with Gasteiger partial charge in [0.05, 0.1) is 0 Å². The zero-order valence-corrected chi connectivity index (χ0v) is 12.5. The molecule has 20 heavy (non-hydrogen) atoms. The molecule has 3 rings (SSSR count). The van der Waals surface area contributed by atoms with Gasteiger partial charge < -0.3 is 10.2 Å². The Morgan fingerprint density at radius 3 is 2.80 bits per heavy atom. The van der Waals surface area contributed by atoms with E-state index in [1.807, 2.05) is 17.0 Å². The van der Waals surface area contributed by atoms with E-state index in [0.29, 0.717) is 10.6 Å². The molecule has 1 N–H and O–H groups in total. The quantitative estimate of drug-likeness (QED) is 0.863. The molecule has 3 nitrogen and oxygen atoms in total. The summed E-state index contributed by atoms with van der Waals surface area (Å²) in [7, 11) is 0. The van der Waals surface area contributed by atoms with E-state index in [1.165, 1.54) is 32.1 Å². The molecule has 1 heterocycles. The predicted molar refractivity (Wildman–Crippen MR) is 81.2 cm³/mol. The molecule has 1 saturated heterocycles. The molecule has 1 aliphatic heterocycles. The Morgan fingerprint density at radius 1 is 1.25 bits per heavy atom. The van der Waals surface area contributed by atoms with Crippen molar-refractivity contribution in [2.45, 2.75) is 37.6 Å². The van der Waals surface area contributed by atoms with Gasteiger partial charge in [0, 0.05) is 35.8 Å². The SMILES string of the molecule is O=C(c1cccc(Cl)c1)N1CCNC2(CCCCC2)C1. The molecule has 1 saturated carbocycles. The molecule has 2 fully saturated rings. The Hall–Kier alpha value is -1.06. The molecule has 1 amide bonds. The highest BCUT2D eigenvalue weighted by Crippen LogP contribution is 2.31. The number of benzene rings is 1. The number of nitrogens with one attached hydrogen (secondary N) is 1. The number of rotatable bonds is 1. The van der Waals surface area contributed by atoms with Gasteiger partial charge in [-0.25, -0.2) is 0 Å². The molecule has 0 bridgehead atoms. The summed E-state index contributed by atoms with van der Waals surface area (Å²) < 4.78 is 0. The van der Waals surface area contributed by atoms with Crippen molar-refractivity contribution in [3.05, 3.63) is 34.9 Å². The van der Waals surface area contributed by atoms with Crippen LogP contribution in [0, 0.1) is 0 Å². The number of carbonyl (C=O) groups excluding carboxylic acids is 1. The summed E-state index contributed by atoms with van der Waals surface area (Å²) in [5, 5.41) is 4.29. The number of carbonyl (C=O) groups is 1. The van der Waals surface area contributed by atoms with Gasteiger partial charge in [0.25, 0.3) is 5.91 Å². The molecule has 2 aliphatic rings. The van der Waals surface area contributed by atoms with Gasteiger partial charge in [-0.05, 0) is 31.0 Å². The fraction of sp³-hybridized carbons (Fsp3) is 0.562. The summed E-state index contributed by atoms with van der Waals surface area (Å²) in [5.41, 5.74) is 0.857. The van der Waals surface area contributed by atoms with Crippen LogP contribution in [-0.2, 0) is 0 Å². The average Bonchev–Trinajstić information content (AvgIpc) is 2.47. The zero-order valence-electron chi connectivity index (χ0n) is 11.7. The van der Waals surface area contributed by atoms with E-state index in [-0.39, 0.29) is 11.4 Å². The van der Waals surface area contributed by atoms with E-state index in [9.17, 15) is 4.79 Å². The first-order valence-electron chi connectivity index (χ1n) is 7.48. The second-order valence-corrected chi connectivity index (χ2v) is 6.44. The van der Waals surface area contributed by atoms with Gasteiger partial charge in [-0.1, -0.05) is 36.9 Å². The summed E-state index contributed by atoms with van der Waals surface area (Å²) in [5.74, 6) is 0.110. The monoisotopic (exact) mass is 292 g/mol. The Bertz CT molecular complexity index is 491. The first-order chi connectivity index (χ1) is 9.69. The third-order valence-corrected chi connectivity index (χ3v) is 4.78. The minimum absolute atomic E-state index is 0.110. The number of amides is 1. The van der Waals surface area contributed by atoms with Crippen LogP contribution in [0.15, 0.2) is 24.3 Å². The zero-order chi connectivity index (χ0) is 14.0. The molecule has 108 valence electrons. The summed E-state index contributed by atoms with van der Waals surface area (Å²) in [6, 6.07) is 7.26. The molecular formula is C16H21ClN2O. The smallest absolute Gasteiger partial charge is 0.254 e. The first-order valence-corrected chi connectivity index (χ1v) is 7.86. The Balaban J connectivity index is 1.74. The molecule has 1 aromatic rings. The lowest BCUT2D eigenvalue weighted by Crippen LogP contribution is -2.62. The van der Waals surface area contributed by atoms with Crippen molar-refractivity contribution in [3.8, 4) is 0 Å². The maximum atomic E-state index is 12.6. The van der Waals surface area contributed by atoms with Crippen molar-refractivity contribution < 1.29 is 4.79 Å². The lowest BCUT2D eigenvalue weighted by Gasteiger charge is -2.46. The van der Waals surface area contributed by atoms with Crippen LogP contribution in [0.25, 0.3) is 0 Å². The highest BCUT2D eigenvalue weighted by Gasteiger charge is 2.37. The molecule has 4 heteroatoms. The Morgan fingerprint density at radius 2 is 2.05 bits per heavy atom. The van der Waals surface area contributed by atoms with Crippen molar-refractivity contribution in [1.82, 2.24) is 10.2 Å². The normalized spacial score (nSPS) is 21.9. The fourth-order valence-electron chi connectivity index (χ4n) is 3.50. The van der Waals surface area contributed by atoms with Gasteiger partial charge in [-0.2, -0.15) is 0 Å². The summed E-state index contributed by atoms with van der Waals surface area (Å²) in [4.78, 5) is 14.6. The van der Waals surface area contributed by atoms with E-state index in [1.54, 1.807) is 12.1 Å². The number of nitrogens with zero attached hydrogens (tertiary/aromatic N) is 1. The summed E-state index contributed by atoms with van der Waals surface area (Å²) in [6.45, 7) is 2.51. The van der Waals surface area contributed by atoms with Gasteiger partial charge in [-0.3, -0.25) is 4.79 Å². The topological polar surface area (TPSA) is 32.3 Å². The number of halogens is 1. The summed E-state index contributed by atoms with van der Waals surface area (Å²) in [6.07, 6.45) is 6.24. The van der Waals surface area contributed by atoms with Crippen molar-refractivity contribution in [1.29, 1.82) is 0 Å². The highest BCUT2D eigenvalue weighted by atomic mass is 35.5. The van der Waals surface area contributed by atoms with Crippen molar-refractivity contribution in [2.75, 3.05) is 19.6 Å². The van der Waals surface area contributed by atoms with Crippen LogP contribution in [0.1, 0.15) is 42.5 Å². The average molecular weight is 293 g/mol. The second kappa shape index (κ2) is 5.74. The molecule has 0 radical (unpaired) electrons. The van der Waals surface area contributed by atoms with Crippen LogP contribution in [0.4, 0.5) is 0 Å². The maximum absolute atomic E-state index is 12.6. The van der Waals surface area contributed by atoms with Crippen LogP contribution >= 0.6 is 11.6 Å². The summed E-state index contributed by atoms with van der Waals surface area (Å²) >= 11 is 5.99. The van der Waals surface area contributed by atoms with Crippen LogP contribution in [-0.4, -0.2) is 36.0 Å². The maximum Gasteiger partial charge on any atom is 0.254 e. The molecule has 1 spiro atoms. The van der Waals surface area contributed by atoms with Gasteiger partial charge in [-0.15, -0.1) is 0 Å². The molecular weight excluding hydrogens is 272 g/mol. The lowest BCUT2D eigenvalue weighted by molar-refractivity contribution is 0.0558. The largest absolute Gasteiger partial charge is 0.336 e. The van der Waals surface area contributed by atoms with E-state index in [0.717, 1.165) is 19.6 Å². The van der Waals surface area contributed by atoms with Crippen molar-refractivity contribution in [2.24, 2.45) is 0 Å². The molecule has 0 aromatic heterocycles. The van der Waals surface area contributed by atoms with Gasteiger partial charge in [0.2, 0.25) is 0 Å². The number of piperazine rings is 1. The van der Waals surface area contributed by atoms with Crippen molar-refractivity contribution >= 4 is 17.5 Å². The van der Waals surface area contributed by atoms with E-state index < -0.39 is 0 Å². The van der Waals surface area contributed by atoms with Gasteiger partial charge in [0.1, 0.15) is 0 Å². The van der Waals surface area contributed by atoms with E-state index in [4.69, 9.17) is 11.6 Å². The van der Waals surface area contributed by atoms with Crippen LogP contribution < -0.4 is 5.32 Å². The lowest BCUT2D eigenvalue weighted by atomic mass is 9.80.